The number of sulfonamides is 1. The Morgan fingerprint density at radius 3 is 2.35 bits per heavy atom. The van der Waals surface area contributed by atoms with E-state index >= 15 is 0 Å². The van der Waals surface area contributed by atoms with Crippen molar-refractivity contribution in [3.8, 4) is 0 Å². The third kappa shape index (κ3) is 7.11. The van der Waals surface area contributed by atoms with Crippen molar-refractivity contribution >= 4 is 33.3 Å². The van der Waals surface area contributed by atoms with Gasteiger partial charge in [-0.05, 0) is 38.5 Å². The lowest BCUT2D eigenvalue weighted by Crippen LogP contribution is -2.51. The van der Waals surface area contributed by atoms with E-state index in [1.54, 1.807) is 12.1 Å². The Balaban J connectivity index is 2.42. The van der Waals surface area contributed by atoms with E-state index in [9.17, 15) is 27.2 Å². The molecule has 0 saturated heterocycles. The Labute approximate surface area is 199 Å². The molecule has 0 saturated carbocycles. The Hall–Kier alpha value is -3.27. The first-order valence-electron chi connectivity index (χ1n) is 10.8. The molecule has 10 heteroatoms. The van der Waals surface area contributed by atoms with Gasteiger partial charge < -0.3 is 10.2 Å². The van der Waals surface area contributed by atoms with Crippen molar-refractivity contribution in [2.24, 2.45) is 0 Å². The average molecular weight is 492 g/mol. The molecule has 0 aliphatic rings. The third-order valence-corrected chi connectivity index (χ3v) is 6.38. The van der Waals surface area contributed by atoms with Gasteiger partial charge in [0.1, 0.15) is 18.4 Å². The van der Waals surface area contributed by atoms with Crippen LogP contribution in [-0.2, 0) is 26.2 Å². The van der Waals surface area contributed by atoms with Gasteiger partial charge in [0, 0.05) is 24.2 Å². The van der Waals surface area contributed by atoms with Crippen molar-refractivity contribution in [2.75, 3.05) is 23.7 Å². The zero-order valence-corrected chi connectivity index (χ0v) is 20.6. The highest BCUT2D eigenvalue weighted by atomic mass is 32.2. The number of carbonyl (C=O) groups excluding carboxylic acids is 3. The van der Waals surface area contributed by atoms with E-state index in [0.717, 1.165) is 15.5 Å². The summed E-state index contributed by atoms with van der Waals surface area (Å²) in [5.41, 5.74) is 0.613. The maximum Gasteiger partial charge on any atom is 0.244 e. The van der Waals surface area contributed by atoms with Crippen molar-refractivity contribution in [1.82, 2.24) is 10.2 Å². The summed E-state index contributed by atoms with van der Waals surface area (Å²) in [7, 11) is -3.93. The molecule has 0 unspecified atom stereocenters. The summed E-state index contributed by atoms with van der Waals surface area (Å²) in [5.74, 6) is -1.93. The highest BCUT2D eigenvalue weighted by Crippen LogP contribution is 2.21. The van der Waals surface area contributed by atoms with Crippen LogP contribution in [0.4, 0.5) is 10.1 Å². The Kier molecular flexibility index (Phi) is 9.31. The van der Waals surface area contributed by atoms with E-state index in [1.165, 1.54) is 50.2 Å². The quantitative estimate of drug-likeness (QED) is 0.487. The van der Waals surface area contributed by atoms with Crippen molar-refractivity contribution in [3.63, 3.8) is 0 Å². The molecule has 8 nitrogen and oxygen atoms in total. The lowest BCUT2D eigenvalue weighted by molar-refractivity contribution is -0.139. The molecule has 2 aromatic carbocycles. The number of halogens is 1. The summed E-state index contributed by atoms with van der Waals surface area (Å²) in [4.78, 5) is 38.9. The molecule has 0 aliphatic heterocycles. The van der Waals surface area contributed by atoms with Crippen LogP contribution in [0.25, 0.3) is 0 Å². The second kappa shape index (κ2) is 11.7. The number of rotatable bonds is 11. The summed E-state index contributed by atoms with van der Waals surface area (Å²) in [6.07, 6.45) is 1.63. The minimum Gasteiger partial charge on any atom is -0.354 e. The van der Waals surface area contributed by atoms with Gasteiger partial charge in [-0.1, -0.05) is 37.3 Å². The van der Waals surface area contributed by atoms with Crippen LogP contribution in [0, 0.1) is 5.82 Å². The third-order valence-electron chi connectivity index (χ3n) is 5.23. The number of benzene rings is 2. The molecule has 0 heterocycles. The van der Waals surface area contributed by atoms with Crippen molar-refractivity contribution < 1.29 is 27.2 Å². The first-order valence-corrected chi connectivity index (χ1v) is 12.7. The minimum atomic E-state index is -3.93. The predicted octanol–water partition coefficient (Wildman–Crippen LogP) is 2.74. The van der Waals surface area contributed by atoms with Gasteiger partial charge in [0.15, 0.2) is 5.78 Å². The van der Waals surface area contributed by atoms with Crippen molar-refractivity contribution in [1.29, 1.82) is 0 Å². The van der Waals surface area contributed by atoms with E-state index < -0.39 is 40.2 Å². The van der Waals surface area contributed by atoms with E-state index in [0.29, 0.717) is 13.0 Å². The number of hydrogen-bond acceptors (Lipinski definition) is 5. The molecule has 2 aromatic rings. The van der Waals surface area contributed by atoms with Crippen LogP contribution in [0.3, 0.4) is 0 Å². The summed E-state index contributed by atoms with van der Waals surface area (Å²) in [6, 6.07) is 10.8. The standard InChI is InChI=1S/C24H30FN3O5S/c1-5-13-26-24(31)17(2)27(15-20-9-6-7-12-22(20)25)23(30)16-28(34(4,32)33)21-11-8-10-19(14-21)18(3)29/h6-12,14,17H,5,13,15-16H2,1-4H3,(H,26,31)/t17-/m0/s1. The Morgan fingerprint density at radius 1 is 1.09 bits per heavy atom. The number of nitrogens with zero attached hydrogens (tertiary/aromatic N) is 2. The normalized spacial score (nSPS) is 12.0. The lowest BCUT2D eigenvalue weighted by atomic mass is 10.1. The molecule has 184 valence electrons. The zero-order valence-electron chi connectivity index (χ0n) is 19.7. The van der Waals surface area contributed by atoms with E-state index in [4.69, 9.17) is 0 Å². The van der Waals surface area contributed by atoms with E-state index in [1.807, 2.05) is 6.92 Å². The first kappa shape index (κ1) is 27.0. The van der Waals surface area contributed by atoms with Gasteiger partial charge in [-0.2, -0.15) is 0 Å². The minimum absolute atomic E-state index is 0.137. The first-order chi connectivity index (χ1) is 16.0. The zero-order chi connectivity index (χ0) is 25.5. The van der Waals surface area contributed by atoms with E-state index in [-0.39, 0.29) is 29.1 Å². The highest BCUT2D eigenvalue weighted by Gasteiger charge is 2.30. The Bertz CT molecular complexity index is 1150. The van der Waals surface area contributed by atoms with Crippen LogP contribution in [0.2, 0.25) is 0 Å². The smallest absolute Gasteiger partial charge is 0.244 e. The molecule has 0 bridgehead atoms. The average Bonchev–Trinajstić information content (AvgIpc) is 2.79. The monoisotopic (exact) mass is 491 g/mol. The van der Waals surface area contributed by atoms with Crippen LogP contribution in [0.15, 0.2) is 48.5 Å². The van der Waals surface area contributed by atoms with Crippen LogP contribution in [-0.4, -0.2) is 56.3 Å². The summed E-state index contributed by atoms with van der Waals surface area (Å²) < 4.78 is 40.3. The SMILES string of the molecule is CCCNC(=O)[C@H](C)N(Cc1ccccc1F)C(=O)CN(c1cccc(C(C)=O)c1)S(C)(=O)=O. The van der Waals surface area contributed by atoms with Gasteiger partial charge in [0.05, 0.1) is 11.9 Å². The molecule has 1 N–H and O–H groups in total. The number of hydrogen-bond donors (Lipinski definition) is 1. The highest BCUT2D eigenvalue weighted by molar-refractivity contribution is 7.92. The second-order valence-electron chi connectivity index (χ2n) is 7.96. The number of ketones is 1. The maximum absolute atomic E-state index is 14.3. The fourth-order valence-corrected chi connectivity index (χ4v) is 4.12. The molecule has 0 aromatic heterocycles. The number of nitrogens with one attached hydrogen (secondary N) is 1. The lowest BCUT2D eigenvalue weighted by Gasteiger charge is -2.31. The number of anilines is 1. The van der Waals surface area contributed by atoms with Gasteiger partial charge in [-0.3, -0.25) is 18.7 Å². The number of Topliss-reactive ketones (excluding diaryl/α,β-unsaturated/α-hetero) is 1. The van der Waals surface area contributed by atoms with Gasteiger partial charge >= 0.3 is 0 Å². The van der Waals surface area contributed by atoms with Gasteiger partial charge in [0.25, 0.3) is 0 Å². The summed E-state index contributed by atoms with van der Waals surface area (Å²) in [5, 5.41) is 2.71. The number of amides is 2. The predicted molar refractivity (Wildman–Crippen MR) is 128 cm³/mol. The van der Waals surface area contributed by atoms with Crippen molar-refractivity contribution in [3.05, 3.63) is 65.5 Å². The molecular formula is C24H30FN3O5S. The maximum atomic E-state index is 14.3. The fraction of sp³-hybridized carbons (Fsp3) is 0.375. The molecule has 0 aliphatic carbocycles. The molecule has 2 rings (SSSR count). The van der Waals surface area contributed by atoms with Gasteiger partial charge in [-0.25, -0.2) is 12.8 Å². The van der Waals surface area contributed by atoms with E-state index in [2.05, 4.69) is 5.32 Å². The van der Waals surface area contributed by atoms with Gasteiger partial charge in [0.2, 0.25) is 21.8 Å². The molecule has 0 fully saturated rings. The van der Waals surface area contributed by atoms with Crippen LogP contribution < -0.4 is 9.62 Å². The molecule has 2 amide bonds. The number of carbonyl (C=O) groups is 3. The second-order valence-corrected chi connectivity index (χ2v) is 9.86. The molecule has 1 atom stereocenters. The van der Waals surface area contributed by atoms with Crippen LogP contribution in [0.5, 0.6) is 0 Å². The van der Waals surface area contributed by atoms with Gasteiger partial charge in [-0.15, -0.1) is 0 Å². The Morgan fingerprint density at radius 2 is 1.76 bits per heavy atom. The molecule has 0 spiro atoms. The fourth-order valence-electron chi connectivity index (χ4n) is 3.28. The summed E-state index contributed by atoms with van der Waals surface area (Å²) >= 11 is 0. The molecule has 0 radical (unpaired) electrons. The van der Waals surface area contributed by atoms with Crippen molar-refractivity contribution in [2.45, 2.75) is 39.8 Å². The van der Waals surface area contributed by atoms with Crippen LogP contribution >= 0.6 is 0 Å². The molecular weight excluding hydrogens is 461 g/mol. The summed E-state index contributed by atoms with van der Waals surface area (Å²) in [6.45, 7) is 4.29. The molecule has 34 heavy (non-hydrogen) atoms. The van der Waals surface area contributed by atoms with Crippen LogP contribution in [0.1, 0.15) is 43.1 Å². The largest absolute Gasteiger partial charge is 0.354 e. The topological polar surface area (TPSA) is 104 Å².